The van der Waals surface area contributed by atoms with Crippen molar-refractivity contribution < 1.29 is 4.79 Å². The smallest absolute Gasteiger partial charge is 0.258 e. The molecule has 4 heteroatoms. The van der Waals surface area contributed by atoms with Crippen LogP contribution in [0.15, 0.2) is 79.1 Å². The van der Waals surface area contributed by atoms with Crippen molar-refractivity contribution in [3.63, 3.8) is 0 Å². The molecule has 0 saturated heterocycles. The maximum absolute atomic E-state index is 12.9. The van der Waals surface area contributed by atoms with Gasteiger partial charge in [0.15, 0.2) is 0 Å². The average molecular weight is 323 g/mol. The van der Waals surface area contributed by atoms with E-state index in [9.17, 15) is 4.79 Å². The first kappa shape index (κ1) is 15.3. The highest BCUT2D eigenvalue weighted by atomic mass is 35.5. The summed E-state index contributed by atoms with van der Waals surface area (Å²) in [5.41, 5.74) is 2.41. The summed E-state index contributed by atoms with van der Waals surface area (Å²) in [6.07, 6.45) is 3.48. The Morgan fingerprint density at radius 3 is 2.35 bits per heavy atom. The van der Waals surface area contributed by atoms with E-state index in [1.165, 1.54) is 0 Å². The normalized spacial score (nSPS) is 10.3. The molecule has 2 aromatic carbocycles. The second kappa shape index (κ2) is 7.07. The van der Waals surface area contributed by atoms with Crippen molar-refractivity contribution in [1.82, 2.24) is 4.98 Å². The largest absolute Gasteiger partial charge is 0.304 e. The summed E-state index contributed by atoms with van der Waals surface area (Å²) in [6, 6.07) is 20.3. The van der Waals surface area contributed by atoms with Gasteiger partial charge in [-0.3, -0.25) is 9.78 Å². The summed E-state index contributed by atoms with van der Waals surface area (Å²) in [6.45, 7) is 0.448. The Bertz CT molecular complexity index is 773. The molecule has 1 amide bonds. The van der Waals surface area contributed by atoms with Crippen LogP contribution in [0.3, 0.4) is 0 Å². The zero-order chi connectivity index (χ0) is 16.1. The van der Waals surface area contributed by atoms with Gasteiger partial charge < -0.3 is 4.90 Å². The Kier molecular flexibility index (Phi) is 4.69. The highest BCUT2D eigenvalue weighted by Crippen LogP contribution is 2.22. The molecule has 0 aliphatic heterocycles. The van der Waals surface area contributed by atoms with Gasteiger partial charge in [0.2, 0.25) is 0 Å². The van der Waals surface area contributed by atoms with Crippen LogP contribution in [0.4, 0.5) is 5.69 Å². The molecule has 23 heavy (non-hydrogen) atoms. The Labute approximate surface area is 140 Å². The number of benzene rings is 2. The number of aromatic nitrogens is 1. The van der Waals surface area contributed by atoms with E-state index in [4.69, 9.17) is 11.6 Å². The molecular formula is C19H15ClN2O. The van der Waals surface area contributed by atoms with Gasteiger partial charge >= 0.3 is 0 Å². The topological polar surface area (TPSA) is 33.2 Å². The Morgan fingerprint density at radius 1 is 0.957 bits per heavy atom. The molecule has 0 aliphatic rings. The summed E-state index contributed by atoms with van der Waals surface area (Å²) in [4.78, 5) is 18.8. The minimum Gasteiger partial charge on any atom is -0.304 e. The lowest BCUT2D eigenvalue weighted by molar-refractivity contribution is 0.0985. The molecule has 0 fully saturated rings. The third-order valence-electron chi connectivity index (χ3n) is 3.47. The van der Waals surface area contributed by atoms with Gasteiger partial charge in [-0.1, -0.05) is 35.9 Å². The maximum Gasteiger partial charge on any atom is 0.258 e. The van der Waals surface area contributed by atoms with Crippen LogP contribution in [0, 0.1) is 0 Å². The number of rotatable bonds is 4. The van der Waals surface area contributed by atoms with Crippen LogP contribution in [-0.2, 0) is 6.54 Å². The van der Waals surface area contributed by atoms with E-state index in [2.05, 4.69) is 4.98 Å². The van der Waals surface area contributed by atoms with E-state index in [-0.39, 0.29) is 5.91 Å². The fourth-order valence-electron chi connectivity index (χ4n) is 2.31. The summed E-state index contributed by atoms with van der Waals surface area (Å²) < 4.78 is 0. The molecule has 0 N–H and O–H groups in total. The number of halogens is 1. The number of amides is 1. The molecular weight excluding hydrogens is 308 g/mol. The predicted octanol–water partition coefficient (Wildman–Crippen LogP) is 4.58. The van der Waals surface area contributed by atoms with Crippen molar-refractivity contribution in [2.24, 2.45) is 0 Å². The summed E-state index contributed by atoms with van der Waals surface area (Å²) >= 11 is 5.96. The Balaban J connectivity index is 1.96. The molecule has 0 bridgehead atoms. The van der Waals surface area contributed by atoms with Crippen molar-refractivity contribution in [3.8, 4) is 0 Å². The number of pyridine rings is 1. The molecule has 3 nitrogen and oxygen atoms in total. The third kappa shape index (κ3) is 3.76. The van der Waals surface area contributed by atoms with Crippen LogP contribution in [0.25, 0.3) is 0 Å². The van der Waals surface area contributed by atoms with Gasteiger partial charge in [0.05, 0.1) is 6.54 Å². The lowest BCUT2D eigenvalue weighted by atomic mass is 10.1. The second-order valence-electron chi connectivity index (χ2n) is 5.10. The van der Waals surface area contributed by atoms with E-state index in [0.29, 0.717) is 17.1 Å². The second-order valence-corrected chi connectivity index (χ2v) is 5.53. The van der Waals surface area contributed by atoms with Crippen LogP contribution >= 0.6 is 11.6 Å². The molecule has 1 heterocycles. The van der Waals surface area contributed by atoms with Gasteiger partial charge in [0.1, 0.15) is 0 Å². The first-order valence-electron chi connectivity index (χ1n) is 7.25. The molecule has 0 spiro atoms. The molecule has 1 aromatic heterocycles. The third-order valence-corrected chi connectivity index (χ3v) is 3.72. The molecule has 0 radical (unpaired) electrons. The average Bonchev–Trinajstić information content (AvgIpc) is 2.62. The SMILES string of the molecule is O=C(c1ccccc1)N(Cc1cccnc1)c1ccc(Cl)cc1. The molecule has 0 aliphatic carbocycles. The molecule has 0 saturated carbocycles. The predicted molar refractivity (Wildman–Crippen MR) is 92.6 cm³/mol. The molecule has 3 rings (SSSR count). The van der Waals surface area contributed by atoms with E-state index < -0.39 is 0 Å². The molecule has 0 unspecified atom stereocenters. The van der Waals surface area contributed by atoms with Crippen molar-refractivity contribution in [1.29, 1.82) is 0 Å². The maximum atomic E-state index is 12.9. The summed E-state index contributed by atoms with van der Waals surface area (Å²) in [7, 11) is 0. The number of carbonyl (C=O) groups is 1. The van der Waals surface area contributed by atoms with E-state index in [1.54, 1.807) is 29.4 Å². The number of carbonyl (C=O) groups excluding carboxylic acids is 1. The van der Waals surface area contributed by atoms with Crippen molar-refractivity contribution in [2.75, 3.05) is 4.90 Å². The molecule has 0 atom stereocenters. The minimum absolute atomic E-state index is 0.0585. The first-order chi connectivity index (χ1) is 11.2. The van der Waals surface area contributed by atoms with Crippen molar-refractivity contribution >= 4 is 23.2 Å². The number of anilines is 1. The Hall–Kier alpha value is -2.65. The number of hydrogen-bond acceptors (Lipinski definition) is 2. The highest BCUT2D eigenvalue weighted by molar-refractivity contribution is 6.30. The lowest BCUT2D eigenvalue weighted by Crippen LogP contribution is -2.30. The lowest BCUT2D eigenvalue weighted by Gasteiger charge is -2.23. The van der Waals surface area contributed by atoms with Crippen LogP contribution in [0.2, 0.25) is 5.02 Å². The summed E-state index contributed by atoms with van der Waals surface area (Å²) in [5, 5.41) is 0.641. The van der Waals surface area contributed by atoms with Gasteiger partial charge in [-0.25, -0.2) is 0 Å². The molecule has 114 valence electrons. The van der Waals surface area contributed by atoms with Gasteiger partial charge in [-0.15, -0.1) is 0 Å². The quantitative estimate of drug-likeness (QED) is 0.704. The van der Waals surface area contributed by atoms with Crippen LogP contribution in [0.1, 0.15) is 15.9 Å². The zero-order valence-corrected chi connectivity index (χ0v) is 13.1. The van der Waals surface area contributed by atoms with Gasteiger partial charge in [-0.05, 0) is 48.0 Å². The summed E-state index contributed by atoms with van der Waals surface area (Å²) in [5.74, 6) is -0.0585. The minimum atomic E-state index is -0.0585. The first-order valence-corrected chi connectivity index (χ1v) is 7.63. The van der Waals surface area contributed by atoms with E-state index in [0.717, 1.165) is 11.3 Å². The van der Waals surface area contributed by atoms with Crippen LogP contribution < -0.4 is 4.90 Å². The monoisotopic (exact) mass is 322 g/mol. The van der Waals surface area contributed by atoms with Crippen LogP contribution in [0.5, 0.6) is 0 Å². The Morgan fingerprint density at radius 2 is 1.70 bits per heavy atom. The standard InChI is InChI=1S/C19H15ClN2O/c20-17-8-10-18(11-9-17)22(14-15-5-4-12-21-13-15)19(23)16-6-2-1-3-7-16/h1-13H,14H2. The van der Waals surface area contributed by atoms with Crippen molar-refractivity contribution in [3.05, 3.63) is 95.3 Å². The van der Waals surface area contributed by atoms with Gasteiger partial charge in [-0.2, -0.15) is 0 Å². The fraction of sp³-hybridized carbons (Fsp3) is 0.0526. The highest BCUT2D eigenvalue weighted by Gasteiger charge is 2.18. The van der Waals surface area contributed by atoms with Crippen molar-refractivity contribution in [2.45, 2.75) is 6.54 Å². The fourth-order valence-corrected chi connectivity index (χ4v) is 2.44. The van der Waals surface area contributed by atoms with Gasteiger partial charge in [0, 0.05) is 28.7 Å². The van der Waals surface area contributed by atoms with Gasteiger partial charge in [0.25, 0.3) is 5.91 Å². The van der Waals surface area contributed by atoms with E-state index in [1.807, 2.05) is 54.6 Å². The molecule has 3 aromatic rings. The van der Waals surface area contributed by atoms with Crippen LogP contribution in [-0.4, -0.2) is 10.9 Å². The van der Waals surface area contributed by atoms with E-state index >= 15 is 0 Å². The number of nitrogens with zero attached hydrogens (tertiary/aromatic N) is 2. The zero-order valence-electron chi connectivity index (χ0n) is 12.4. The number of hydrogen-bond donors (Lipinski definition) is 0.